The Labute approximate surface area is 167 Å². The van der Waals surface area contributed by atoms with Gasteiger partial charge >= 0.3 is 0 Å². The zero-order chi connectivity index (χ0) is 19.2. The second-order valence-corrected chi connectivity index (χ2v) is 8.31. The minimum absolute atomic E-state index is 0.524. The van der Waals surface area contributed by atoms with Crippen molar-refractivity contribution >= 4 is 34.9 Å². The first-order valence-electron chi connectivity index (χ1n) is 10.0. The standard InChI is InChI=1S/C19H32N6OS/c1-14(2)13-20-19(27)23-18-21-16(24-6-4-15(3)5-7-24)12-17(22-18)25-8-10-26-11-9-25/h12,14-15H,4-11,13H2,1-3H3,(H2,20,21,22,23,27). The normalized spacial score (nSPS) is 18.7. The van der Waals surface area contributed by atoms with Crippen LogP contribution in [0.2, 0.25) is 0 Å². The van der Waals surface area contributed by atoms with Crippen LogP contribution in [0.1, 0.15) is 33.6 Å². The second-order valence-electron chi connectivity index (χ2n) is 7.91. The Bertz CT molecular complexity index is 627. The molecule has 0 saturated carbocycles. The van der Waals surface area contributed by atoms with Gasteiger partial charge in [-0.3, -0.25) is 0 Å². The summed E-state index contributed by atoms with van der Waals surface area (Å²) < 4.78 is 5.49. The van der Waals surface area contributed by atoms with Gasteiger partial charge in [0.25, 0.3) is 0 Å². The highest BCUT2D eigenvalue weighted by Gasteiger charge is 2.21. The summed E-state index contributed by atoms with van der Waals surface area (Å²) in [5.74, 6) is 3.79. The van der Waals surface area contributed by atoms with Crippen molar-refractivity contribution in [1.82, 2.24) is 15.3 Å². The Balaban J connectivity index is 1.78. The lowest BCUT2D eigenvalue weighted by Gasteiger charge is -2.33. The molecule has 3 rings (SSSR count). The molecule has 27 heavy (non-hydrogen) atoms. The molecule has 2 aliphatic rings. The number of nitrogens with one attached hydrogen (secondary N) is 2. The SMILES string of the molecule is CC(C)CNC(=S)Nc1nc(N2CCOCC2)cc(N2CCC(C)CC2)n1. The van der Waals surface area contributed by atoms with Gasteiger partial charge in [-0.1, -0.05) is 20.8 Å². The number of nitrogens with zero attached hydrogens (tertiary/aromatic N) is 4. The Kier molecular flexibility index (Phi) is 7.07. The van der Waals surface area contributed by atoms with Gasteiger partial charge < -0.3 is 25.2 Å². The molecule has 0 spiro atoms. The highest BCUT2D eigenvalue weighted by atomic mass is 32.1. The first kappa shape index (κ1) is 20.1. The fourth-order valence-corrected chi connectivity index (χ4v) is 3.45. The molecular weight excluding hydrogens is 360 g/mol. The van der Waals surface area contributed by atoms with E-state index in [-0.39, 0.29) is 0 Å². The van der Waals surface area contributed by atoms with Crippen LogP contribution < -0.4 is 20.4 Å². The Morgan fingerprint density at radius 3 is 2.33 bits per heavy atom. The van der Waals surface area contributed by atoms with Gasteiger partial charge in [-0.05, 0) is 36.9 Å². The number of hydrogen-bond donors (Lipinski definition) is 2. The van der Waals surface area contributed by atoms with E-state index < -0.39 is 0 Å². The maximum atomic E-state index is 5.49. The average molecular weight is 393 g/mol. The van der Waals surface area contributed by atoms with Crippen molar-refractivity contribution in [2.75, 3.05) is 61.1 Å². The molecule has 2 N–H and O–H groups in total. The van der Waals surface area contributed by atoms with Crippen molar-refractivity contribution in [2.45, 2.75) is 33.6 Å². The Hall–Kier alpha value is -1.67. The fourth-order valence-electron chi connectivity index (χ4n) is 3.27. The predicted octanol–water partition coefficient (Wildman–Crippen LogP) is 2.49. The number of piperidine rings is 1. The highest BCUT2D eigenvalue weighted by Crippen LogP contribution is 2.26. The molecule has 2 saturated heterocycles. The van der Waals surface area contributed by atoms with Crippen LogP contribution in [-0.2, 0) is 4.74 Å². The second kappa shape index (κ2) is 9.50. The maximum absolute atomic E-state index is 5.49. The Morgan fingerprint density at radius 2 is 1.74 bits per heavy atom. The third kappa shape index (κ3) is 5.90. The molecule has 1 aromatic heterocycles. The molecule has 8 heteroatoms. The molecule has 0 unspecified atom stereocenters. The molecule has 2 aliphatic heterocycles. The summed E-state index contributed by atoms with van der Waals surface area (Å²) in [5.41, 5.74) is 0. The van der Waals surface area contributed by atoms with Crippen LogP contribution in [0.3, 0.4) is 0 Å². The summed E-state index contributed by atoms with van der Waals surface area (Å²) >= 11 is 5.42. The highest BCUT2D eigenvalue weighted by molar-refractivity contribution is 7.80. The van der Waals surface area contributed by atoms with Crippen LogP contribution in [0.4, 0.5) is 17.6 Å². The summed E-state index contributed by atoms with van der Waals surface area (Å²) in [7, 11) is 0. The van der Waals surface area contributed by atoms with Gasteiger partial charge in [0.05, 0.1) is 13.2 Å². The number of morpholine rings is 1. The van der Waals surface area contributed by atoms with Gasteiger partial charge in [-0.2, -0.15) is 9.97 Å². The molecule has 1 aromatic rings. The third-order valence-electron chi connectivity index (χ3n) is 5.04. The first-order chi connectivity index (χ1) is 13.0. The maximum Gasteiger partial charge on any atom is 0.232 e. The van der Waals surface area contributed by atoms with Crippen molar-refractivity contribution in [3.8, 4) is 0 Å². The minimum Gasteiger partial charge on any atom is -0.378 e. The lowest BCUT2D eigenvalue weighted by Crippen LogP contribution is -2.38. The van der Waals surface area contributed by atoms with Crippen molar-refractivity contribution < 1.29 is 4.74 Å². The van der Waals surface area contributed by atoms with Gasteiger partial charge in [0.2, 0.25) is 5.95 Å². The van der Waals surface area contributed by atoms with Crippen LogP contribution in [0.25, 0.3) is 0 Å². The van der Waals surface area contributed by atoms with E-state index in [2.05, 4.69) is 47.3 Å². The topological polar surface area (TPSA) is 65.6 Å². The molecule has 0 atom stereocenters. The van der Waals surface area contributed by atoms with Gasteiger partial charge in [-0.15, -0.1) is 0 Å². The van der Waals surface area contributed by atoms with Gasteiger partial charge in [0.15, 0.2) is 5.11 Å². The van der Waals surface area contributed by atoms with E-state index in [0.717, 1.165) is 63.5 Å². The number of ether oxygens (including phenoxy) is 1. The fraction of sp³-hybridized carbons (Fsp3) is 0.737. The molecule has 3 heterocycles. The lowest BCUT2D eigenvalue weighted by atomic mass is 9.99. The number of anilines is 3. The lowest BCUT2D eigenvalue weighted by molar-refractivity contribution is 0.122. The summed E-state index contributed by atoms with van der Waals surface area (Å²) in [6.45, 7) is 12.7. The molecule has 150 valence electrons. The van der Waals surface area contributed by atoms with Crippen molar-refractivity contribution in [2.24, 2.45) is 11.8 Å². The van der Waals surface area contributed by atoms with Crippen molar-refractivity contribution in [3.05, 3.63) is 6.07 Å². The van der Waals surface area contributed by atoms with E-state index in [4.69, 9.17) is 26.9 Å². The molecule has 0 radical (unpaired) electrons. The summed E-state index contributed by atoms with van der Waals surface area (Å²) in [5, 5.41) is 6.98. The molecule has 0 amide bonds. The van der Waals surface area contributed by atoms with E-state index in [1.165, 1.54) is 12.8 Å². The monoisotopic (exact) mass is 392 g/mol. The van der Waals surface area contributed by atoms with E-state index in [0.29, 0.717) is 17.0 Å². The summed E-state index contributed by atoms with van der Waals surface area (Å²) in [6.07, 6.45) is 2.40. The van der Waals surface area contributed by atoms with E-state index in [1.807, 2.05) is 0 Å². The molecular formula is C19H32N6OS. The Morgan fingerprint density at radius 1 is 1.15 bits per heavy atom. The number of aromatic nitrogens is 2. The van der Waals surface area contributed by atoms with Crippen LogP contribution in [-0.4, -0.2) is 61.0 Å². The molecule has 0 aromatic carbocycles. The number of rotatable bonds is 5. The van der Waals surface area contributed by atoms with Crippen LogP contribution in [0.5, 0.6) is 0 Å². The van der Waals surface area contributed by atoms with Gasteiger partial charge in [0, 0.05) is 38.8 Å². The average Bonchev–Trinajstić information content (AvgIpc) is 2.67. The molecule has 0 aliphatic carbocycles. The van der Waals surface area contributed by atoms with E-state index in [1.54, 1.807) is 0 Å². The van der Waals surface area contributed by atoms with Gasteiger partial charge in [-0.25, -0.2) is 0 Å². The van der Waals surface area contributed by atoms with Crippen LogP contribution in [0, 0.1) is 11.8 Å². The molecule has 2 fully saturated rings. The minimum atomic E-state index is 0.524. The number of thiocarbonyl (C=S) groups is 1. The van der Waals surface area contributed by atoms with Crippen LogP contribution in [0.15, 0.2) is 6.07 Å². The van der Waals surface area contributed by atoms with E-state index >= 15 is 0 Å². The largest absolute Gasteiger partial charge is 0.378 e. The van der Waals surface area contributed by atoms with Crippen LogP contribution >= 0.6 is 12.2 Å². The quantitative estimate of drug-likeness (QED) is 0.741. The first-order valence-corrected chi connectivity index (χ1v) is 10.4. The zero-order valence-corrected chi connectivity index (χ0v) is 17.5. The summed E-state index contributed by atoms with van der Waals surface area (Å²) in [6, 6.07) is 2.11. The smallest absolute Gasteiger partial charge is 0.232 e. The van der Waals surface area contributed by atoms with Crippen molar-refractivity contribution in [3.63, 3.8) is 0 Å². The zero-order valence-electron chi connectivity index (χ0n) is 16.7. The van der Waals surface area contributed by atoms with Gasteiger partial charge in [0.1, 0.15) is 11.6 Å². The third-order valence-corrected chi connectivity index (χ3v) is 5.28. The summed E-state index contributed by atoms with van der Waals surface area (Å²) in [4.78, 5) is 14.1. The van der Waals surface area contributed by atoms with Crippen molar-refractivity contribution in [1.29, 1.82) is 0 Å². The molecule has 0 bridgehead atoms. The van der Waals surface area contributed by atoms with E-state index in [9.17, 15) is 0 Å². The number of hydrogen-bond acceptors (Lipinski definition) is 6. The predicted molar refractivity (Wildman–Crippen MR) is 115 cm³/mol. The molecule has 7 nitrogen and oxygen atoms in total.